The molecule has 0 saturated carbocycles. The van der Waals surface area contributed by atoms with Crippen LogP contribution in [-0.4, -0.2) is 57.4 Å². The van der Waals surface area contributed by atoms with Gasteiger partial charge in [-0.3, -0.25) is 9.89 Å². The van der Waals surface area contributed by atoms with Crippen LogP contribution in [0.4, 0.5) is 13.2 Å². The van der Waals surface area contributed by atoms with E-state index in [-0.39, 0.29) is 5.91 Å². The smallest absolute Gasteiger partial charge is 0.490 e. The van der Waals surface area contributed by atoms with Gasteiger partial charge in [0.1, 0.15) is 5.75 Å². The molecule has 4 rings (SSSR count). The van der Waals surface area contributed by atoms with Gasteiger partial charge in [0.05, 0.1) is 18.9 Å². The molecule has 4 aromatic rings. The molecule has 0 aliphatic rings. The third-order valence-electron chi connectivity index (χ3n) is 4.89. The molecular weight excluding hydrogens is 453 g/mol. The quantitative estimate of drug-likeness (QED) is 0.395. The molecule has 2 heterocycles. The normalized spacial score (nSPS) is 11.0. The second-order valence-electron chi connectivity index (χ2n) is 7.27. The van der Waals surface area contributed by atoms with Crippen molar-refractivity contribution in [2.75, 3.05) is 14.2 Å². The van der Waals surface area contributed by atoms with Gasteiger partial charge in [0.25, 0.3) is 5.91 Å². The van der Waals surface area contributed by atoms with Crippen LogP contribution in [0, 0.1) is 0 Å². The number of carbonyl (C=O) groups excluding carboxylic acids is 1. The molecule has 2 aromatic carbocycles. The number of aromatic nitrogens is 3. The summed E-state index contributed by atoms with van der Waals surface area (Å²) < 4.78 is 37.0. The second kappa shape index (κ2) is 10.1. The van der Waals surface area contributed by atoms with Crippen LogP contribution >= 0.6 is 0 Å². The highest BCUT2D eigenvalue weighted by atomic mass is 19.4. The van der Waals surface area contributed by atoms with Crippen LogP contribution in [0.15, 0.2) is 61.1 Å². The summed E-state index contributed by atoms with van der Waals surface area (Å²) in [5.74, 6) is -2.00. The maximum atomic E-state index is 13.0. The summed E-state index contributed by atoms with van der Waals surface area (Å²) in [6.45, 7) is 0.510. The summed E-state index contributed by atoms with van der Waals surface area (Å²) in [5, 5.41) is 14.8. The number of nitrogens with zero attached hydrogens (tertiary/aromatic N) is 2. The number of H-pyrrole nitrogens is 2. The molecule has 0 radical (unpaired) electrons. The molecule has 178 valence electrons. The van der Waals surface area contributed by atoms with Crippen LogP contribution in [0.5, 0.6) is 5.75 Å². The summed E-state index contributed by atoms with van der Waals surface area (Å²) in [7, 11) is 3.44. The highest BCUT2D eigenvalue weighted by Crippen LogP contribution is 2.26. The number of carbonyl (C=O) groups is 2. The van der Waals surface area contributed by atoms with Crippen molar-refractivity contribution in [2.45, 2.75) is 12.7 Å². The molecule has 2 aromatic heterocycles. The molecule has 1 amide bonds. The number of aromatic amines is 2. The Labute approximate surface area is 192 Å². The van der Waals surface area contributed by atoms with Crippen LogP contribution in [0.2, 0.25) is 0 Å². The van der Waals surface area contributed by atoms with Crippen molar-refractivity contribution >= 4 is 22.8 Å². The number of hydrogen-bond acceptors (Lipinski definition) is 4. The van der Waals surface area contributed by atoms with E-state index in [1.54, 1.807) is 31.5 Å². The number of aliphatic carboxylic acids is 1. The number of carboxylic acid groups (broad SMARTS) is 1. The van der Waals surface area contributed by atoms with Gasteiger partial charge in [-0.05, 0) is 29.3 Å². The molecule has 8 nitrogen and oxygen atoms in total. The van der Waals surface area contributed by atoms with Crippen molar-refractivity contribution in [1.82, 2.24) is 20.1 Å². The fourth-order valence-corrected chi connectivity index (χ4v) is 3.21. The zero-order chi connectivity index (χ0) is 24.9. The van der Waals surface area contributed by atoms with Gasteiger partial charge in [0.15, 0.2) is 0 Å². The molecule has 0 spiro atoms. The number of rotatable bonds is 5. The Balaban J connectivity index is 0.000000406. The average molecular weight is 474 g/mol. The Morgan fingerprint density at radius 2 is 1.85 bits per heavy atom. The van der Waals surface area contributed by atoms with Crippen LogP contribution in [0.1, 0.15) is 15.9 Å². The van der Waals surface area contributed by atoms with E-state index in [4.69, 9.17) is 14.6 Å². The first-order valence-corrected chi connectivity index (χ1v) is 9.89. The van der Waals surface area contributed by atoms with Crippen LogP contribution < -0.4 is 4.74 Å². The number of hydrogen-bond donors (Lipinski definition) is 3. The van der Waals surface area contributed by atoms with E-state index in [9.17, 15) is 18.0 Å². The third-order valence-corrected chi connectivity index (χ3v) is 4.89. The Kier molecular flexibility index (Phi) is 7.24. The van der Waals surface area contributed by atoms with Gasteiger partial charge in [0.2, 0.25) is 0 Å². The summed E-state index contributed by atoms with van der Waals surface area (Å²) in [6, 6.07) is 13.7. The first-order valence-electron chi connectivity index (χ1n) is 9.89. The minimum absolute atomic E-state index is 0.0277. The van der Waals surface area contributed by atoms with E-state index in [1.165, 1.54) is 0 Å². The predicted molar refractivity (Wildman–Crippen MR) is 118 cm³/mol. The predicted octanol–water partition coefficient (Wildman–Crippen LogP) is 4.47. The van der Waals surface area contributed by atoms with Gasteiger partial charge in [0, 0.05) is 42.5 Å². The van der Waals surface area contributed by atoms with Crippen molar-refractivity contribution in [1.29, 1.82) is 0 Å². The molecule has 0 unspecified atom stereocenters. The summed E-state index contributed by atoms with van der Waals surface area (Å²) in [4.78, 5) is 26.8. The molecule has 0 saturated heterocycles. The molecule has 0 aliphatic heterocycles. The molecule has 0 fully saturated rings. The zero-order valence-corrected chi connectivity index (χ0v) is 18.2. The summed E-state index contributed by atoms with van der Waals surface area (Å²) >= 11 is 0. The fourth-order valence-electron chi connectivity index (χ4n) is 3.21. The lowest BCUT2D eigenvalue weighted by Gasteiger charge is -2.17. The molecule has 34 heavy (non-hydrogen) atoms. The first kappa shape index (κ1) is 24.4. The largest absolute Gasteiger partial charge is 0.497 e. The monoisotopic (exact) mass is 474 g/mol. The number of carboxylic acids is 1. The number of fused-ring (bicyclic) bond motifs is 1. The van der Waals surface area contributed by atoms with Crippen molar-refractivity contribution in [3.63, 3.8) is 0 Å². The van der Waals surface area contributed by atoms with Crippen molar-refractivity contribution in [3.8, 4) is 16.9 Å². The van der Waals surface area contributed by atoms with E-state index in [2.05, 4.69) is 15.2 Å². The lowest BCUT2D eigenvalue weighted by molar-refractivity contribution is -0.192. The number of ether oxygens (including phenoxy) is 1. The van der Waals surface area contributed by atoms with Gasteiger partial charge >= 0.3 is 12.1 Å². The highest BCUT2D eigenvalue weighted by Gasteiger charge is 2.38. The third kappa shape index (κ3) is 5.74. The number of amides is 1. The van der Waals surface area contributed by atoms with E-state index in [1.807, 2.05) is 48.7 Å². The lowest BCUT2D eigenvalue weighted by Crippen LogP contribution is -2.26. The van der Waals surface area contributed by atoms with E-state index >= 15 is 0 Å². The van der Waals surface area contributed by atoms with Gasteiger partial charge in [-0.2, -0.15) is 18.3 Å². The molecule has 0 atom stereocenters. The maximum absolute atomic E-state index is 13.0. The van der Waals surface area contributed by atoms with Gasteiger partial charge < -0.3 is 19.7 Å². The van der Waals surface area contributed by atoms with Gasteiger partial charge in [-0.25, -0.2) is 4.79 Å². The van der Waals surface area contributed by atoms with Crippen LogP contribution in [0.3, 0.4) is 0 Å². The van der Waals surface area contributed by atoms with E-state index in [0.717, 1.165) is 33.3 Å². The van der Waals surface area contributed by atoms with Crippen molar-refractivity contribution < 1.29 is 32.6 Å². The number of halogens is 3. The molecule has 3 N–H and O–H groups in total. The fraction of sp³-hybridized carbons (Fsp3) is 0.174. The number of benzene rings is 2. The standard InChI is InChI=1S/C21H20N4O2.C2HF3O2/c1-25(13-14-4-3-5-17(8-14)27-2)21(26)19-12-22-20-9-15(6-7-18(19)20)16-10-23-24-11-16;3-2(4,5)1(6)7/h3-12,22H,13H2,1-2H3,(H,23,24);(H,6,7). The van der Waals surface area contributed by atoms with E-state index < -0.39 is 12.1 Å². The van der Waals surface area contributed by atoms with Crippen molar-refractivity contribution in [2.24, 2.45) is 0 Å². The Morgan fingerprint density at radius 1 is 1.12 bits per heavy atom. The topological polar surface area (TPSA) is 111 Å². The van der Waals surface area contributed by atoms with Crippen molar-refractivity contribution in [3.05, 3.63) is 72.2 Å². The van der Waals surface area contributed by atoms with Crippen LogP contribution in [0.25, 0.3) is 22.0 Å². The van der Waals surface area contributed by atoms with Gasteiger partial charge in [-0.1, -0.05) is 24.3 Å². The number of nitrogens with one attached hydrogen (secondary N) is 2. The maximum Gasteiger partial charge on any atom is 0.490 e. The summed E-state index contributed by atoms with van der Waals surface area (Å²) in [6.07, 6.45) is 0.310. The SMILES string of the molecule is COc1cccc(CN(C)C(=O)c2c[nH]c3cc(-c4cn[nH]c4)ccc23)c1.O=C(O)C(F)(F)F. The molecule has 0 bridgehead atoms. The molecule has 0 aliphatic carbocycles. The molecular formula is C23H21F3N4O4. The molecule has 11 heteroatoms. The van der Waals surface area contributed by atoms with Crippen LogP contribution in [-0.2, 0) is 11.3 Å². The average Bonchev–Trinajstić information content (AvgIpc) is 3.48. The minimum atomic E-state index is -5.08. The number of alkyl halides is 3. The summed E-state index contributed by atoms with van der Waals surface area (Å²) in [5.41, 5.74) is 4.66. The Hall–Kier alpha value is -4.28. The van der Waals surface area contributed by atoms with E-state index in [0.29, 0.717) is 12.1 Å². The first-order chi connectivity index (χ1) is 16.1. The Bertz CT molecular complexity index is 1280. The Morgan fingerprint density at radius 3 is 2.47 bits per heavy atom. The second-order valence-corrected chi connectivity index (χ2v) is 7.27. The number of methoxy groups -OCH3 is 1. The lowest BCUT2D eigenvalue weighted by atomic mass is 10.1. The minimum Gasteiger partial charge on any atom is -0.497 e. The van der Waals surface area contributed by atoms with Gasteiger partial charge in [-0.15, -0.1) is 0 Å². The highest BCUT2D eigenvalue weighted by molar-refractivity contribution is 6.07. The zero-order valence-electron chi connectivity index (χ0n) is 18.2.